The lowest BCUT2D eigenvalue weighted by Gasteiger charge is -2.11. The maximum atomic E-state index is 11.7. The Bertz CT molecular complexity index is 626. The van der Waals surface area contributed by atoms with Crippen molar-refractivity contribution in [3.63, 3.8) is 0 Å². The van der Waals surface area contributed by atoms with Crippen LogP contribution in [-0.2, 0) is 6.42 Å². The van der Waals surface area contributed by atoms with Crippen LogP contribution in [0.15, 0.2) is 52.2 Å². The second-order valence-corrected chi connectivity index (χ2v) is 4.99. The molecule has 2 aromatic rings. The van der Waals surface area contributed by atoms with E-state index in [-0.39, 0.29) is 5.91 Å². The number of aromatic nitrogens is 1. The zero-order valence-corrected chi connectivity index (χ0v) is 13.8. The molecule has 0 saturated carbocycles. The van der Waals surface area contributed by atoms with Gasteiger partial charge in [-0.3, -0.25) is 14.8 Å². The fourth-order valence-electron chi connectivity index (χ4n) is 2.02. The minimum absolute atomic E-state index is 0.223. The van der Waals surface area contributed by atoms with Crippen LogP contribution >= 0.6 is 0 Å². The van der Waals surface area contributed by atoms with Gasteiger partial charge in [0.1, 0.15) is 0 Å². The third kappa shape index (κ3) is 6.12. The van der Waals surface area contributed by atoms with E-state index in [4.69, 9.17) is 4.42 Å². The molecule has 0 radical (unpaired) electrons. The van der Waals surface area contributed by atoms with Crippen LogP contribution in [0.3, 0.4) is 0 Å². The number of nitrogens with zero attached hydrogens (tertiary/aromatic N) is 2. The van der Waals surface area contributed by atoms with Crippen LogP contribution < -0.4 is 16.0 Å². The zero-order chi connectivity index (χ0) is 17.0. The van der Waals surface area contributed by atoms with Crippen LogP contribution in [0.1, 0.15) is 23.2 Å². The van der Waals surface area contributed by atoms with E-state index in [9.17, 15) is 4.79 Å². The molecule has 2 heterocycles. The summed E-state index contributed by atoms with van der Waals surface area (Å²) >= 11 is 0. The number of amides is 1. The number of rotatable bonds is 8. The summed E-state index contributed by atoms with van der Waals surface area (Å²) in [6.45, 7) is 4.47. The van der Waals surface area contributed by atoms with Crippen LogP contribution in [0, 0.1) is 0 Å². The van der Waals surface area contributed by atoms with Crippen LogP contribution in [0.2, 0.25) is 0 Å². The van der Waals surface area contributed by atoms with E-state index in [0.717, 1.165) is 24.6 Å². The Morgan fingerprint density at radius 3 is 2.75 bits per heavy atom. The fourth-order valence-corrected chi connectivity index (χ4v) is 2.02. The van der Waals surface area contributed by atoms with Crippen molar-refractivity contribution in [3.05, 3.63) is 54.2 Å². The Morgan fingerprint density at radius 1 is 1.17 bits per heavy atom. The Balaban J connectivity index is 1.70. The quantitative estimate of drug-likeness (QED) is 0.384. The molecular formula is C17H23N5O2. The maximum Gasteiger partial charge on any atom is 0.287 e. The lowest BCUT2D eigenvalue weighted by Crippen LogP contribution is -2.41. The second-order valence-electron chi connectivity index (χ2n) is 4.99. The molecule has 2 aromatic heterocycles. The van der Waals surface area contributed by atoms with Crippen molar-refractivity contribution in [1.82, 2.24) is 20.9 Å². The highest BCUT2D eigenvalue weighted by Crippen LogP contribution is 1.98. The van der Waals surface area contributed by atoms with Crippen LogP contribution in [-0.4, -0.2) is 43.0 Å². The number of hydrogen-bond donors (Lipinski definition) is 3. The molecule has 3 N–H and O–H groups in total. The van der Waals surface area contributed by atoms with E-state index in [1.165, 1.54) is 6.26 Å². The highest BCUT2D eigenvalue weighted by atomic mass is 16.3. The maximum absolute atomic E-state index is 11.7. The number of hydrogen-bond acceptors (Lipinski definition) is 4. The van der Waals surface area contributed by atoms with E-state index < -0.39 is 0 Å². The van der Waals surface area contributed by atoms with Gasteiger partial charge in [0.25, 0.3) is 5.91 Å². The number of guanidine groups is 1. The van der Waals surface area contributed by atoms with Gasteiger partial charge in [0.2, 0.25) is 0 Å². The van der Waals surface area contributed by atoms with E-state index in [1.807, 2.05) is 25.1 Å². The Morgan fingerprint density at radius 2 is 2.04 bits per heavy atom. The Kier molecular flexibility index (Phi) is 7.33. The van der Waals surface area contributed by atoms with Crippen molar-refractivity contribution in [2.24, 2.45) is 4.99 Å². The molecule has 0 aromatic carbocycles. The average molecular weight is 329 g/mol. The first-order valence-corrected chi connectivity index (χ1v) is 8.03. The predicted molar refractivity (Wildman–Crippen MR) is 93.0 cm³/mol. The van der Waals surface area contributed by atoms with Crippen molar-refractivity contribution in [2.75, 3.05) is 26.2 Å². The van der Waals surface area contributed by atoms with Crippen molar-refractivity contribution < 1.29 is 9.21 Å². The molecule has 0 spiro atoms. The standard InChI is InChI=1S/C17H23N5O2/c1-2-18-17(21-10-8-14-6-3-4-9-19-14)22-12-11-20-16(23)15-7-5-13-24-15/h3-7,9,13H,2,8,10-12H2,1H3,(H,20,23)(H2,18,21,22). The summed E-state index contributed by atoms with van der Waals surface area (Å²) in [5, 5.41) is 9.13. The van der Waals surface area contributed by atoms with Gasteiger partial charge in [-0.1, -0.05) is 6.07 Å². The van der Waals surface area contributed by atoms with Gasteiger partial charge in [0.15, 0.2) is 11.7 Å². The molecule has 7 nitrogen and oxygen atoms in total. The number of furan rings is 1. The summed E-state index contributed by atoms with van der Waals surface area (Å²) in [6, 6.07) is 9.17. The number of carbonyl (C=O) groups is 1. The molecule has 0 saturated heterocycles. The molecule has 7 heteroatoms. The van der Waals surface area contributed by atoms with Gasteiger partial charge in [0.05, 0.1) is 6.26 Å². The largest absolute Gasteiger partial charge is 0.459 e. The number of aliphatic imine (C=N–C) groups is 1. The molecule has 24 heavy (non-hydrogen) atoms. The number of nitrogens with one attached hydrogen (secondary N) is 3. The first-order chi connectivity index (χ1) is 11.8. The molecule has 0 aliphatic heterocycles. The molecule has 0 aliphatic rings. The normalized spacial score (nSPS) is 11.1. The van der Waals surface area contributed by atoms with Crippen molar-refractivity contribution in [3.8, 4) is 0 Å². The van der Waals surface area contributed by atoms with Gasteiger partial charge in [-0.2, -0.15) is 0 Å². The van der Waals surface area contributed by atoms with Gasteiger partial charge in [0, 0.05) is 44.5 Å². The molecule has 0 unspecified atom stereocenters. The first-order valence-electron chi connectivity index (χ1n) is 8.03. The number of pyridine rings is 1. The lowest BCUT2D eigenvalue weighted by atomic mass is 10.3. The minimum Gasteiger partial charge on any atom is -0.459 e. The van der Waals surface area contributed by atoms with Crippen molar-refractivity contribution >= 4 is 11.9 Å². The first kappa shape index (κ1) is 17.5. The molecule has 128 valence electrons. The topological polar surface area (TPSA) is 91.5 Å². The molecule has 0 bridgehead atoms. The monoisotopic (exact) mass is 329 g/mol. The number of carbonyl (C=O) groups excluding carboxylic acids is 1. The molecule has 2 rings (SSSR count). The van der Waals surface area contributed by atoms with Crippen molar-refractivity contribution in [1.29, 1.82) is 0 Å². The van der Waals surface area contributed by atoms with Crippen LogP contribution in [0.25, 0.3) is 0 Å². The third-order valence-corrected chi connectivity index (χ3v) is 3.16. The van der Waals surface area contributed by atoms with Gasteiger partial charge < -0.3 is 20.4 Å². The summed E-state index contributed by atoms with van der Waals surface area (Å²) in [4.78, 5) is 20.5. The van der Waals surface area contributed by atoms with Crippen LogP contribution in [0.4, 0.5) is 0 Å². The molecule has 0 atom stereocenters. The molecule has 1 amide bonds. The second kappa shape index (κ2) is 10.0. The Labute approximate surface area is 141 Å². The highest BCUT2D eigenvalue weighted by Gasteiger charge is 2.06. The van der Waals surface area contributed by atoms with Gasteiger partial charge in [-0.25, -0.2) is 0 Å². The molecule has 0 fully saturated rings. The Hall–Kier alpha value is -2.83. The SMILES string of the molecule is CCNC(=NCCc1ccccn1)NCCNC(=O)c1ccco1. The van der Waals surface area contributed by atoms with Crippen LogP contribution in [0.5, 0.6) is 0 Å². The minimum atomic E-state index is -0.223. The fraction of sp³-hybridized carbons (Fsp3) is 0.353. The van der Waals surface area contributed by atoms with Crippen molar-refractivity contribution in [2.45, 2.75) is 13.3 Å². The smallest absolute Gasteiger partial charge is 0.287 e. The highest BCUT2D eigenvalue weighted by molar-refractivity contribution is 5.91. The summed E-state index contributed by atoms with van der Waals surface area (Å²) < 4.78 is 5.03. The van der Waals surface area contributed by atoms with Gasteiger partial charge in [-0.15, -0.1) is 0 Å². The lowest BCUT2D eigenvalue weighted by molar-refractivity contribution is 0.0926. The zero-order valence-electron chi connectivity index (χ0n) is 13.8. The summed E-state index contributed by atoms with van der Waals surface area (Å²) in [7, 11) is 0. The van der Waals surface area contributed by atoms with E-state index in [2.05, 4.69) is 25.9 Å². The van der Waals surface area contributed by atoms with E-state index >= 15 is 0 Å². The molecular weight excluding hydrogens is 306 g/mol. The van der Waals surface area contributed by atoms with E-state index in [0.29, 0.717) is 25.4 Å². The van der Waals surface area contributed by atoms with Gasteiger partial charge >= 0.3 is 0 Å². The van der Waals surface area contributed by atoms with E-state index in [1.54, 1.807) is 18.3 Å². The summed E-state index contributed by atoms with van der Waals surface area (Å²) in [5.41, 5.74) is 1.02. The summed E-state index contributed by atoms with van der Waals surface area (Å²) in [6.07, 6.45) is 4.04. The average Bonchev–Trinajstić information content (AvgIpc) is 3.14. The molecule has 0 aliphatic carbocycles. The predicted octanol–water partition coefficient (Wildman–Crippen LogP) is 1.20. The van der Waals surface area contributed by atoms with Gasteiger partial charge in [-0.05, 0) is 31.2 Å². The summed E-state index contributed by atoms with van der Waals surface area (Å²) in [5.74, 6) is 0.811. The third-order valence-electron chi connectivity index (χ3n) is 3.16.